The van der Waals surface area contributed by atoms with Crippen molar-refractivity contribution in [1.29, 1.82) is 0 Å². The number of halogens is 5. The Morgan fingerprint density at radius 2 is 1.29 bits per heavy atom. The summed E-state index contributed by atoms with van der Waals surface area (Å²) < 4.78 is 49.6. The van der Waals surface area contributed by atoms with E-state index in [4.69, 9.17) is 0 Å². The Morgan fingerprint density at radius 3 is 1.50 bits per heavy atom. The standard InChI is InChI=1S/C8H8.5FH.Sb/c1-2-8-6-4-3-5-7-8;;;;;;/h2-7H,1H2;5*1H;/q;;;;;;+5/p-5. The van der Waals surface area contributed by atoms with Gasteiger partial charge in [0.05, 0.1) is 0 Å². The Kier molecular flexibility index (Phi) is 4.58. The average Bonchev–Trinajstić information content (AvgIpc) is 2.01. The Morgan fingerprint density at radius 1 is 0.929 bits per heavy atom. The molecule has 0 amide bonds. The Labute approximate surface area is 83.1 Å². The monoisotopic (exact) mass is 320 g/mol. The zero-order valence-electron chi connectivity index (χ0n) is 7.01. The summed E-state index contributed by atoms with van der Waals surface area (Å²) in [7, 11) is 0. The third kappa shape index (κ3) is 14.0. The maximum absolute atomic E-state index is 9.91. The molecule has 0 unspecified atom stereocenters. The first-order valence-corrected chi connectivity index (χ1v) is 8.28. The summed E-state index contributed by atoms with van der Waals surface area (Å²) in [6.45, 7) is 3.63. The van der Waals surface area contributed by atoms with E-state index in [0.717, 1.165) is 0 Å². The molecule has 0 fully saturated rings. The van der Waals surface area contributed by atoms with Crippen molar-refractivity contribution in [2.45, 2.75) is 0 Å². The molecule has 0 aliphatic carbocycles. The van der Waals surface area contributed by atoms with Crippen LogP contribution in [0.2, 0.25) is 0 Å². The van der Waals surface area contributed by atoms with Crippen molar-refractivity contribution in [2.75, 3.05) is 0 Å². The molecular formula is C8H8F5Sb. The van der Waals surface area contributed by atoms with Crippen LogP contribution in [-0.4, -0.2) is 20.3 Å². The molecule has 1 aromatic rings. The van der Waals surface area contributed by atoms with E-state index >= 15 is 0 Å². The molecule has 0 atom stereocenters. The van der Waals surface area contributed by atoms with Gasteiger partial charge in [-0.15, -0.1) is 0 Å². The summed E-state index contributed by atoms with van der Waals surface area (Å²) in [5.74, 6) is 0. The van der Waals surface area contributed by atoms with Gasteiger partial charge < -0.3 is 0 Å². The fourth-order valence-electron chi connectivity index (χ4n) is 0.589. The van der Waals surface area contributed by atoms with Gasteiger partial charge >= 0.3 is 34.4 Å². The second-order valence-electron chi connectivity index (χ2n) is 2.25. The van der Waals surface area contributed by atoms with Gasteiger partial charge in [-0.1, -0.05) is 43.0 Å². The molecule has 1 aromatic carbocycles. The van der Waals surface area contributed by atoms with Crippen LogP contribution in [0.25, 0.3) is 6.08 Å². The number of hydrogen-bond acceptors (Lipinski definition) is 0. The minimum absolute atomic E-state index is 1.17. The van der Waals surface area contributed by atoms with Gasteiger partial charge in [0, 0.05) is 0 Å². The van der Waals surface area contributed by atoms with E-state index in [1.165, 1.54) is 5.56 Å². The quantitative estimate of drug-likeness (QED) is 0.541. The summed E-state index contributed by atoms with van der Waals surface area (Å²) in [6.07, 6.45) is 1.83. The molecule has 80 valence electrons. The van der Waals surface area contributed by atoms with Crippen molar-refractivity contribution in [3.8, 4) is 0 Å². The van der Waals surface area contributed by atoms with Crippen LogP contribution in [0.1, 0.15) is 5.56 Å². The van der Waals surface area contributed by atoms with E-state index in [0.29, 0.717) is 0 Å². The molecule has 0 radical (unpaired) electrons. The Balaban J connectivity index is 0.000000255. The predicted octanol–water partition coefficient (Wildman–Crippen LogP) is 4.05. The SMILES string of the molecule is C=Cc1ccccc1.[F][Sb]([F])([F])([F])[F]. The molecular weight excluding hydrogens is 313 g/mol. The van der Waals surface area contributed by atoms with Gasteiger partial charge in [0.1, 0.15) is 0 Å². The van der Waals surface area contributed by atoms with E-state index in [9.17, 15) is 14.1 Å². The van der Waals surface area contributed by atoms with Crippen molar-refractivity contribution in [3.63, 3.8) is 0 Å². The van der Waals surface area contributed by atoms with Crippen LogP contribution in [0.3, 0.4) is 0 Å². The molecule has 0 bridgehead atoms. The van der Waals surface area contributed by atoms with Crippen molar-refractivity contribution >= 4 is 26.4 Å². The number of benzene rings is 1. The number of rotatable bonds is 1. The summed E-state index contributed by atoms with van der Waals surface area (Å²) in [6, 6.07) is 10.0. The van der Waals surface area contributed by atoms with Crippen molar-refractivity contribution in [1.82, 2.24) is 0 Å². The molecule has 0 nitrogen and oxygen atoms in total. The van der Waals surface area contributed by atoms with Crippen LogP contribution in [0, 0.1) is 0 Å². The van der Waals surface area contributed by atoms with E-state index in [1.807, 2.05) is 36.4 Å². The molecule has 0 aliphatic heterocycles. The van der Waals surface area contributed by atoms with Crippen molar-refractivity contribution < 1.29 is 14.1 Å². The van der Waals surface area contributed by atoms with Gasteiger partial charge in [0.15, 0.2) is 0 Å². The van der Waals surface area contributed by atoms with E-state index in [-0.39, 0.29) is 0 Å². The summed E-state index contributed by atoms with van der Waals surface area (Å²) in [5.41, 5.74) is 1.17. The first-order valence-electron chi connectivity index (χ1n) is 3.45. The molecule has 6 heteroatoms. The van der Waals surface area contributed by atoms with E-state index in [2.05, 4.69) is 6.58 Å². The van der Waals surface area contributed by atoms with Crippen LogP contribution in [0.5, 0.6) is 0 Å². The van der Waals surface area contributed by atoms with Gasteiger partial charge in [0.25, 0.3) is 0 Å². The van der Waals surface area contributed by atoms with Gasteiger partial charge in [-0.25, -0.2) is 0 Å². The Hall–Kier alpha value is -0.572. The van der Waals surface area contributed by atoms with Crippen LogP contribution in [0.15, 0.2) is 36.9 Å². The molecule has 0 aromatic heterocycles. The molecule has 0 saturated heterocycles. The second kappa shape index (κ2) is 4.78. The molecule has 0 N–H and O–H groups in total. The minimum atomic E-state index is -9.19. The number of hydrogen-bond donors (Lipinski definition) is 0. The van der Waals surface area contributed by atoms with Gasteiger partial charge in [0.2, 0.25) is 0 Å². The fraction of sp³-hybridized carbons (Fsp3) is 0. The first-order chi connectivity index (χ1) is 6.17. The molecule has 0 heterocycles. The normalized spacial score (nSPS) is 13.1. The summed E-state index contributed by atoms with van der Waals surface area (Å²) >= 11 is -9.19. The molecule has 0 spiro atoms. The Bertz CT molecular complexity index is 271. The van der Waals surface area contributed by atoms with Gasteiger partial charge in [-0.2, -0.15) is 0 Å². The van der Waals surface area contributed by atoms with Crippen molar-refractivity contribution in [2.24, 2.45) is 0 Å². The van der Waals surface area contributed by atoms with Crippen molar-refractivity contribution in [3.05, 3.63) is 42.5 Å². The molecule has 14 heavy (non-hydrogen) atoms. The van der Waals surface area contributed by atoms with Crippen LogP contribution in [-0.2, 0) is 0 Å². The first kappa shape index (κ1) is 13.4. The molecule has 0 aliphatic rings. The average molecular weight is 321 g/mol. The van der Waals surface area contributed by atoms with Crippen LogP contribution >= 0.6 is 0 Å². The van der Waals surface area contributed by atoms with Gasteiger partial charge in [-0.05, 0) is 5.56 Å². The summed E-state index contributed by atoms with van der Waals surface area (Å²) in [4.78, 5) is 0. The summed E-state index contributed by atoms with van der Waals surface area (Å²) in [5, 5.41) is 0. The zero-order chi connectivity index (χ0) is 11.3. The molecule has 1 rings (SSSR count). The van der Waals surface area contributed by atoms with E-state index < -0.39 is 20.3 Å². The topological polar surface area (TPSA) is 0 Å². The fourth-order valence-corrected chi connectivity index (χ4v) is 0.589. The second-order valence-corrected chi connectivity index (χ2v) is 5.90. The zero-order valence-corrected chi connectivity index (χ0v) is 9.56. The van der Waals surface area contributed by atoms with Crippen LogP contribution in [0.4, 0.5) is 14.1 Å². The third-order valence-corrected chi connectivity index (χ3v) is 1.04. The van der Waals surface area contributed by atoms with E-state index in [1.54, 1.807) is 0 Å². The molecule has 0 saturated carbocycles. The third-order valence-electron chi connectivity index (χ3n) is 1.04. The maximum atomic E-state index is 9.91. The predicted molar refractivity (Wildman–Crippen MR) is 47.8 cm³/mol. The van der Waals surface area contributed by atoms with Crippen LogP contribution < -0.4 is 0 Å². The van der Waals surface area contributed by atoms with Gasteiger partial charge in [-0.3, -0.25) is 0 Å².